The molecule has 118 valence electrons. The van der Waals surface area contributed by atoms with E-state index in [2.05, 4.69) is 10.6 Å². The largest absolute Gasteiger partial charge is 0.480 e. The average Bonchev–Trinajstić information content (AvgIpc) is 2.39. The number of hydrogen-bond acceptors (Lipinski definition) is 6. The molecule has 21 heavy (non-hydrogen) atoms. The third-order valence-electron chi connectivity index (χ3n) is 2.06. The van der Waals surface area contributed by atoms with E-state index in [1.807, 2.05) is 5.32 Å². The number of primary amides is 1. The zero-order chi connectivity index (χ0) is 16.4. The first-order valence-corrected chi connectivity index (χ1v) is 5.79. The lowest BCUT2D eigenvalue weighted by atomic mass is 10.2. The first-order chi connectivity index (χ1) is 9.72. The Balaban J connectivity index is 3.89. The lowest BCUT2D eigenvalue weighted by molar-refractivity contribution is -0.137. The van der Waals surface area contributed by atoms with Crippen molar-refractivity contribution in [2.75, 3.05) is 19.6 Å². The van der Waals surface area contributed by atoms with Gasteiger partial charge in [-0.3, -0.25) is 24.0 Å². The van der Waals surface area contributed by atoms with Gasteiger partial charge < -0.3 is 32.5 Å². The smallest absolute Gasteiger partial charge is 0.322 e. The van der Waals surface area contributed by atoms with E-state index < -0.39 is 55.3 Å². The van der Waals surface area contributed by atoms with E-state index in [1.165, 1.54) is 0 Å². The van der Waals surface area contributed by atoms with Gasteiger partial charge in [-0.25, -0.2) is 0 Å². The Bertz CT molecular complexity index is 438. The molecule has 0 fully saturated rings. The van der Waals surface area contributed by atoms with E-state index in [0.717, 1.165) is 0 Å². The minimum Gasteiger partial charge on any atom is -0.480 e. The molecule has 0 unspecified atom stereocenters. The van der Waals surface area contributed by atoms with Crippen molar-refractivity contribution >= 4 is 29.6 Å². The molecule has 0 heterocycles. The number of nitrogens with two attached hydrogens (primary N) is 2. The van der Waals surface area contributed by atoms with Gasteiger partial charge in [0.25, 0.3) is 0 Å². The predicted molar refractivity (Wildman–Crippen MR) is 68.5 cm³/mol. The van der Waals surface area contributed by atoms with Gasteiger partial charge in [0, 0.05) is 0 Å². The molecule has 0 aromatic rings. The van der Waals surface area contributed by atoms with Crippen LogP contribution in [0.15, 0.2) is 0 Å². The van der Waals surface area contributed by atoms with Gasteiger partial charge in [0.2, 0.25) is 23.6 Å². The maximum absolute atomic E-state index is 11.3. The topological polar surface area (TPSA) is 194 Å². The van der Waals surface area contributed by atoms with E-state index in [1.54, 1.807) is 0 Å². The molecule has 0 aromatic heterocycles. The summed E-state index contributed by atoms with van der Waals surface area (Å²) in [5.74, 6) is -4.08. The normalized spacial score (nSPS) is 11.1. The van der Waals surface area contributed by atoms with Crippen molar-refractivity contribution in [1.82, 2.24) is 16.0 Å². The van der Waals surface area contributed by atoms with Crippen LogP contribution in [0.5, 0.6) is 0 Å². The van der Waals surface area contributed by atoms with Crippen LogP contribution in [0.4, 0.5) is 0 Å². The molecule has 0 aliphatic heterocycles. The maximum atomic E-state index is 11.3. The highest BCUT2D eigenvalue weighted by atomic mass is 16.4. The molecule has 0 saturated heterocycles. The van der Waals surface area contributed by atoms with E-state index in [-0.39, 0.29) is 6.42 Å². The van der Waals surface area contributed by atoms with Gasteiger partial charge in [0.15, 0.2) is 0 Å². The van der Waals surface area contributed by atoms with Crippen molar-refractivity contribution in [3.8, 4) is 0 Å². The fraction of sp³-hybridized carbons (Fsp3) is 0.500. The quantitative estimate of drug-likeness (QED) is 0.247. The highest BCUT2D eigenvalue weighted by Gasteiger charge is 2.16. The summed E-state index contributed by atoms with van der Waals surface area (Å²) < 4.78 is 0. The molecular weight excluding hydrogens is 286 g/mol. The third-order valence-corrected chi connectivity index (χ3v) is 2.06. The Morgan fingerprint density at radius 1 is 0.905 bits per heavy atom. The predicted octanol–water partition coefficient (Wildman–Crippen LogP) is -4.38. The minimum absolute atomic E-state index is 0.356. The first-order valence-electron chi connectivity index (χ1n) is 5.79. The second-order valence-corrected chi connectivity index (χ2v) is 3.94. The standard InChI is InChI=1S/C10H17N5O6/c11-5(1-6(12)16)10(21)15-3-8(18)13-2-7(17)14-4-9(19)20/h5H,1-4,11H2,(H2,12,16)(H,13,18)(H,14,17)(H,15,21)(H,19,20)/t5-/m0/s1. The van der Waals surface area contributed by atoms with Crippen LogP contribution in [0.25, 0.3) is 0 Å². The van der Waals surface area contributed by atoms with Crippen LogP contribution in [0.1, 0.15) is 6.42 Å². The van der Waals surface area contributed by atoms with E-state index in [0.29, 0.717) is 0 Å². The highest BCUT2D eigenvalue weighted by molar-refractivity contribution is 5.91. The molecule has 0 rings (SSSR count). The Kier molecular flexibility index (Phi) is 8.07. The highest BCUT2D eigenvalue weighted by Crippen LogP contribution is 1.86. The lowest BCUT2D eigenvalue weighted by Crippen LogP contribution is -2.47. The maximum Gasteiger partial charge on any atom is 0.322 e. The number of rotatable bonds is 9. The molecule has 0 radical (unpaired) electrons. The number of nitrogens with one attached hydrogen (secondary N) is 3. The Labute approximate surface area is 119 Å². The molecule has 0 bridgehead atoms. The number of carboxylic acid groups (broad SMARTS) is 1. The molecule has 1 atom stereocenters. The van der Waals surface area contributed by atoms with Crippen molar-refractivity contribution in [1.29, 1.82) is 0 Å². The number of hydrogen-bond donors (Lipinski definition) is 6. The molecule has 0 aliphatic carbocycles. The summed E-state index contributed by atoms with van der Waals surface area (Å²) in [4.78, 5) is 54.4. The first kappa shape index (κ1) is 18.3. The molecule has 8 N–H and O–H groups in total. The van der Waals surface area contributed by atoms with Crippen molar-refractivity contribution in [3.05, 3.63) is 0 Å². The molecule has 0 spiro atoms. The zero-order valence-electron chi connectivity index (χ0n) is 11.0. The number of carboxylic acids is 1. The Morgan fingerprint density at radius 2 is 1.38 bits per heavy atom. The lowest BCUT2D eigenvalue weighted by Gasteiger charge is -2.10. The van der Waals surface area contributed by atoms with Crippen molar-refractivity contribution in [2.24, 2.45) is 11.5 Å². The van der Waals surface area contributed by atoms with Crippen LogP contribution in [0.3, 0.4) is 0 Å². The van der Waals surface area contributed by atoms with Crippen molar-refractivity contribution < 1.29 is 29.1 Å². The second kappa shape index (κ2) is 9.25. The van der Waals surface area contributed by atoms with Gasteiger partial charge in [0.1, 0.15) is 6.54 Å². The molecule has 0 aliphatic rings. The van der Waals surface area contributed by atoms with Crippen LogP contribution < -0.4 is 27.4 Å². The molecule has 0 saturated carbocycles. The van der Waals surface area contributed by atoms with Gasteiger partial charge in [-0.1, -0.05) is 0 Å². The van der Waals surface area contributed by atoms with Crippen molar-refractivity contribution in [3.63, 3.8) is 0 Å². The van der Waals surface area contributed by atoms with Gasteiger partial charge in [-0.15, -0.1) is 0 Å². The van der Waals surface area contributed by atoms with E-state index in [4.69, 9.17) is 16.6 Å². The monoisotopic (exact) mass is 303 g/mol. The third kappa shape index (κ3) is 9.84. The Morgan fingerprint density at radius 3 is 1.86 bits per heavy atom. The minimum atomic E-state index is -1.22. The van der Waals surface area contributed by atoms with Crippen LogP contribution in [-0.4, -0.2) is 60.4 Å². The number of amides is 4. The summed E-state index contributed by atoms with van der Waals surface area (Å²) in [6.07, 6.45) is -0.356. The van der Waals surface area contributed by atoms with Crippen LogP contribution in [0.2, 0.25) is 0 Å². The average molecular weight is 303 g/mol. The molecule has 11 nitrogen and oxygen atoms in total. The fourth-order valence-corrected chi connectivity index (χ4v) is 1.09. The summed E-state index contributed by atoms with van der Waals surface area (Å²) in [6.45, 7) is -1.44. The van der Waals surface area contributed by atoms with E-state index >= 15 is 0 Å². The van der Waals surface area contributed by atoms with E-state index in [9.17, 15) is 24.0 Å². The fourth-order valence-electron chi connectivity index (χ4n) is 1.09. The van der Waals surface area contributed by atoms with Crippen molar-refractivity contribution in [2.45, 2.75) is 12.5 Å². The van der Waals surface area contributed by atoms with Gasteiger partial charge in [-0.2, -0.15) is 0 Å². The number of aliphatic carboxylic acids is 1. The number of carbonyl (C=O) groups excluding carboxylic acids is 4. The SMILES string of the molecule is NC(=O)C[C@H](N)C(=O)NCC(=O)NCC(=O)NCC(=O)O. The van der Waals surface area contributed by atoms with Crippen LogP contribution in [0, 0.1) is 0 Å². The Hall–Kier alpha value is -2.69. The summed E-state index contributed by atoms with van der Waals surface area (Å²) in [6, 6.07) is -1.16. The van der Waals surface area contributed by atoms with Gasteiger partial charge in [-0.05, 0) is 0 Å². The van der Waals surface area contributed by atoms with Crippen LogP contribution >= 0.6 is 0 Å². The summed E-state index contributed by atoms with van der Waals surface area (Å²) in [5, 5.41) is 14.6. The molecule has 11 heteroatoms. The summed E-state index contributed by atoms with van der Waals surface area (Å²) in [5.41, 5.74) is 10.2. The summed E-state index contributed by atoms with van der Waals surface area (Å²) in [7, 11) is 0. The molecule has 4 amide bonds. The zero-order valence-corrected chi connectivity index (χ0v) is 11.0. The molecule has 0 aromatic carbocycles. The van der Waals surface area contributed by atoms with Gasteiger partial charge in [0.05, 0.1) is 25.6 Å². The number of carbonyl (C=O) groups is 5. The second-order valence-electron chi connectivity index (χ2n) is 3.94. The molecular formula is C10H17N5O6. The van der Waals surface area contributed by atoms with Gasteiger partial charge >= 0.3 is 5.97 Å². The van der Waals surface area contributed by atoms with Crippen LogP contribution in [-0.2, 0) is 24.0 Å². The summed E-state index contributed by atoms with van der Waals surface area (Å²) >= 11 is 0.